The van der Waals surface area contributed by atoms with Crippen molar-refractivity contribution >= 4 is 5.78 Å². The van der Waals surface area contributed by atoms with Crippen molar-refractivity contribution in [2.75, 3.05) is 0 Å². The van der Waals surface area contributed by atoms with Crippen LogP contribution in [0.15, 0.2) is 11.6 Å². The third-order valence-electron chi connectivity index (χ3n) is 10.3. The zero-order valence-corrected chi connectivity index (χ0v) is 19.5. The number of rotatable bonds is 5. The standard InChI is InChI=1S/C27H44O2/c1-17(2)25(29)11-6-18(3)22-9-10-23-21-8-7-19-16-20(28)12-14-26(19,4)24(21)13-15-27(22,23)5/h7,17-18,20-24,28H,6,8-16H2,1-5H3/t18?,20?,21?,22?,23?,24?,26-,27+/m0/s1. The SMILES string of the molecule is CC(C)C(=O)CCC(C)C1CCC2C3CC=C4CC(O)CC[C@]4(C)C3CC[C@]12C. The Morgan fingerprint density at radius 2 is 1.86 bits per heavy atom. The molecule has 3 saturated carbocycles. The maximum absolute atomic E-state index is 12.2. The molecule has 0 aromatic heterocycles. The number of carbonyl (C=O) groups is 1. The zero-order chi connectivity index (χ0) is 21.0. The number of fused-ring (bicyclic) bond motifs is 5. The van der Waals surface area contributed by atoms with Gasteiger partial charge in [-0.1, -0.05) is 46.3 Å². The van der Waals surface area contributed by atoms with E-state index in [1.165, 1.54) is 38.5 Å². The van der Waals surface area contributed by atoms with Gasteiger partial charge in [0.2, 0.25) is 0 Å². The number of aliphatic hydroxyl groups is 1. The third kappa shape index (κ3) is 3.56. The van der Waals surface area contributed by atoms with E-state index in [1.807, 2.05) is 13.8 Å². The van der Waals surface area contributed by atoms with Gasteiger partial charge in [0, 0.05) is 12.3 Å². The number of hydrogen-bond acceptors (Lipinski definition) is 2. The van der Waals surface area contributed by atoms with Crippen molar-refractivity contribution in [3.63, 3.8) is 0 Å². The number of ketones is 1. The van der Waals surface area contributed by atoms with Gasteiger partial charge in [-0.25, -0.2) is 0 Å². The van der Waals surface area contributed by atoms with Gasteiger partial charge >= 0.3 is 0 Å². The van der Waals surface area contributed by atoms with E-state index in [9.17, 15) is 9.90 Å². The molecule has 3 fully saturated rings. The number of carbonyl (C=O) groups excluding carboxylic acids is 1. The molecule has 0 heterocycles. The third-order valence-corrected chi connectivity index (χ3v) is 10.3. The van der Waals surface area contributed by atoms with Gasteiger partial charge in [-0.15, -0.1) is 0 Å². The predicted octanol–water partition coefficient (Wildman–Crippen LogP) is 6.57. The van der Waals surface area contributed by atoms with Crippen molar-refractivity contribution in [3.8, 4) is 0 Å². The highest BCUT2D eigenvalue weighted by atomic mass is 16.3. The predicted molar refractivity (Wildman–Crippen MR) is 119 cm³/mol. The molecule has 0 saturated heterocycles. The molecule has 0 spiro atoms. The van der Waals surface area contributed by atoms with Gasteiger partial charge < -0.3 is 5.11 Å². The van der Waals surface area contributed by atoms with Crippen LogP contribution >= 0.6 is 0 Å². The molecule has 4 aliphatic rings. The van der Waals surface area contributed by atoms with E-state index in [0.29, 0.717) is 22.5 Å². The van der Waals surface area contributed by atoms with Gasteiger partial charge in [-0.05, 0) is 98.2 Å². The van der Waals surface area contributed by atoms with Crippen LogP contribution in [-0.2, 0) is 4.79 Å². The summed E-state index contributed by atoms with van der Waals surface area (Å²) in [6, 6.07) is 0. The summed E-state index contributed by atoms with van der Waals surface area (Å²) in [5.74, 6) is 4.60. The molecule has 0 aliphatic heterocycles. The highest BCUT2D eigenvalue weighted by molar-refractivity contribution is 5.80. The van der Waals surface area contributed by atoms with Crippen molar-refractivity contribution in [1.29, 1.82) is 0 Å². The molecular weight excluding hydrogens is 356 g/mol. The lowest BCUT2D eigenvalue weighted by atomic mass is 9.47. The van der Waals surface area contributed by atoms with E-state index in [1.54, 1.807) is 5.57 Å². The fourth-order valence-electron chi connectivity index (χ4n) is 8.48. The maximum Gasteiger partial charge on any atom is 0.135 e. The average Bonchev–Trinajstić information content (AvgIpc) is 3.03. The van der Waals surface area contributed by atoms with Crippen LogP contribution in [0, 0.1) is 46.3 Å². The molecule has 29 heavy (non-hydrogen) atoms. The van der Waals surface area contributed by atoms with E-state index in [-0.39, 0.29) is 12.0 Å². The second-order valence-corrected chi connectivity index (χ2v) is 12.0. The molecule has 8 atom stereocenters. The normalized spacial score (nSPS) is 45.2. The summed E-state index contributed by atoms with van der Waals surface area (Å²) >= 11 is 0. The number of aliphatic hydroxyl groups excluding tert-OH is 1. The monoisotopic (exact) mass is 400 g/mol. The summed E-state index contributed by atoms with van der Waals surface area (Å²) < 4.78 is 0. The Labute approximate surface area is 178 Å². The van der Waals surface area contributed by atoms with Crippen molar-refractivity contribution in [1.82, 2.24) is 0 Å². The lowest BCUT2D eigenvalue weighted by Gasteiger charge is -2.58. The second kappa shape index (κ2) is 7.81. The minimum absolute atomic E-state index is 0.106. The smallest absolute Gasteiger partial charge is 0.135 e. The van der Waals surface area contributed by atoms with Gasteiger partial charge in [-0.3, -0.25) is 4.79 Å². The summed E-state index contributed by atoms with van der Waals surface area (Å²) in [5, 5.41) is 10.2. The Bertz CT molecular complexity index is 663. The molecule has 6 unspecified atom stereocenters. The van der Waals surface area contributed by atoms with Gasteiger partial charge in [0.05, 0.1) is 6.10 Å². The average molecular weight is 401 g/mol. The highest BCUT2D eigenvalue weighted by Crippen LogP contribution is 2.67. The minimum atomic E-state index is -0.106. The lowest BCUT2D eigenvalue weighted by molar-refractivity contribution is -0.122. The molecule has 4 rings (SSSR count). The molecule has 0 radical (unpaired) electrons. The van der Waals surface area contributed by atoms with Crippen molar-refractivity contribution < 1.29 is 9.90 Å². The molecular formula is C27H44O2. The van der Waals surface area contributed by atoms with Crippen LogP contribution in [0.2, 0.25) is 0 Å². The number of allylic oxidation sites excluding steroid dienone is 1. The summed E-state index contributed by atoms with van der Waals surface area (Å²) in [6.07, 6.45) is 14.1. The molecule has 1 N–H and O–H groups in total. The first-order chi connectivity index (χ1) is 13.7. The van der Waals surface area contributed by atoms with Crippen LogP contribution in [0.3, 0.4) is 0 Å². The van der Waals surface area contributed by atoms with E-state index >= 15 is 0 Å². The first-order valence-electron chi connectivity index (χ1n) is 12.6. The molecule has 0 aromatic carbocycles. The van der Waals surface area contributed by atoms with Gasteiger partial charge in [0.1, 0.15) is 5.78 Å². The Morgan fingerprint density at radius 1 is 1.10 bits per heavy atom. The quantitative estimate of drug-likeness (QED) is 0.530. The number of hydrogen-bond donors (Lipinski definition) is 1. The summed E-state index contributed by atoms with van der Waals surface area (Å²) in [7, 11) is 0. The molecule has 164 valence electrons. The Kier molecular flexibility index (Phi) is 5.82. The molecule has 0 aromatic rings. The van der Waals surface area contributed by atoms with Crippen LogP contribution in [0.1, 0.15) is 98.8 Å². The lowest BCUT2D eigenvalue weighted by Crippen LogP contribution is -2.50. The van der Waals surface area contributed by atoms with Crippen molar-refractivity contribution in [3.05, 3.63) is 11.6 Å². The van der Waals surface area contributed by atoms with Crippen molar-refractivity contribution in [2.24, 2.45) is 46.3 Å². The van der Waals surface area contributed by atoms with Crippen molar-refractivity contribution in [2.45, 2.75) is 105 Å². The van der Waals surface area contributed by atoms with E-state index in [4.69, 9.17) is 0 Å². The molecule has 0 amide bonds. The molecule has 2 heteroatoms. The van der Waals surface area contributed by atoms with Gasteiger partial charge in [0.15, 0.2) is 0 Å². The van der Waals surface area contributed by atoms with Crippen LogP contribution in [0.25, 0.3) is 0 Å². The first-order valence-corrected chi connectivity index (χ1v) is 12.6. The minimum Gasteiger partial charge on any atom is -0.393 e. The van der Waals surface area contributed by atoms with Crippen LogP contribution in [0.4, 0.5) is 0 Å². The zero-order valence-electron chi connectivity index (χ0n) is 19.5. The number of Topliss-reactive ketones (excluding diaryl/α,β-unsaturated/α-hetero) is 1. The largest absolute Gasteiger partial charge is 0.393 e. The highest BCUT2D eigenvalue weighted by Gasteiger charge is 2.59. The Balaban J connectivity index is 1.49. The van der Waals surface area contributed by atoms with E-state index in [2.05, 4.69) is 26.8 Å². The van der Waals surface area contributed by atoms with Gasteiger partial charge in [-0.2, -0.15) is 0 Å². The Hall–Kier alpha value is -0.630. The van der Waals surface area contributed by atoms with E-state index in [0.717, 1.165) is 49.4 Å². The molecule has 2 nitrogen and oxygen atoms in total. The fraction of sp³-hybridized carbons (Fsp3) is 0.889. The summed E-state index contributed by atoms with van der Waals surface area (Å²) in [5.41, 5.74) is 2.39. The summed E-state index contributed by atoms with van der Waals surface area (Å²) in [4.78, 5) is 12.2. The first kappa shape index (κ1) is 21.6. The molecule has 0 bridgehead atoms. The summed E-state index contributed by atoms with van der Waals surface area (Å²) in [6.45, 7) is 11.6. The van der Waals surface area contributed by atoms with Crippen LogP contribution in [0.5, 0.6) is 0 Å². The topological polar surface area (TPSA) is 37.3 Å². The van der Waals surface area contributed by atoms with Gasteiger partial charge in [0.25, 0.3) is 0 Å². The van der Waals surface area contributed by atoms with Crippen LogP contribution in [-0.4, -0.2) is 17.0 Å². The second-order valence-electron chi connectivity index (χ2n) is 12.0. The molecule has 4 aliphatic carbocycles. The van der Waals surface area contributed by atoms with E-state index < -0.39 is 0 Å². The Morgan fingerprint density at radius 3 is 2.59 bits per heavy atom. The maximum atomic E-state index is 12.2. The van der Waals surface area contributed by atoms with Crippen LogP contribution < -0.4 is 0 Å². The fourth-order valence-corrected chi connectivity index (χ4v) is 8.48.